The molecule has 2 atom stereocenters. The van der Waals surface area contributed by atoms with Crippen molar-refractivity contribution in [3.8, 4) is 0 Å². The molecule has 0 aromatic heterocycles. The van der Waals surface area contributed by atoms with Gasteiger partial charge in [0.05, 0.1) is 5.92 Å². The molecule has 0 bridgehead atoms. The van der Waals surface area contributed by atoms with E-state index in [-0.39, 0.29) is 23.7 Å². The molecule has 0 radical (unpaired) electrons. The number of piperazine rings is 1. The van der Waals surface area contributed by atoms with Crippen molar-refractivity contribution in [2.24, 2.45) is 11.8 Å². The molecule has 0 spiro atoms. The molecule has 2 unspecified atom stereocenters. The minimum atomic E-state index is -0.124. The Kier molecular flexibility index (Phi) is 8.51. The molecule has 1 fully saturated rings. The van der Waals surface area contributed by atoms with Crippen LogP contribution in [0.4, 0.5) is 0 Å². The lowest BCUT2D eigenvalue weighted by Crippen LogP contribution is -2.52. The van der Waals surface area contributed by atoms with E-state index in [4.69, 9.17) is 0 Å². The molecule has 1 aliphatic heterocycles. The third kappa shape index (κ3) is 6.18. The number of hydrogen-bond acceptors (Lipinski definition) is 4. The highest BCUT2D eigenvalue weighted by Crippen LogP contribution is 2.27. The summed E-state index contributed by atoms with van der Waals surface area (Å²) in [7, 11) is 0. The molecule has 6 heteroatoms. The molecule has 27 heavy (non-hydrogen) atoms. The van der Waals surface area contributed by atoms with E-state index in [2.05, 4.69) is 35.9 Å². The molecule has 6 nitrogen and oxygen atoms in total. The van der Waals surface area contributed by atoms with Gasteiger partial charge >= 0.3 is 0 Å². The molecule has 2 rings (SSSR count). The molecular formula is C21H36N4O2. The van der Waals surface area contributed by atoms with Crippen LogP contribution >= 0.6 is 0 Å². The molecule has 1 saturated heterocycles. The van der Waals surface area contributed by atoms with Crippen molar-refractivity contribution in [2.75, 3.05) is 58.9 Å². The topological polar surface area (TPSA) is 55.9 Å². The molecule has 1 N–H and O–H groups in total. The van der Waals surface area contributed by atoms with Crippen LogP contribution in [0.25, 0.3) is 0 Å². The van der Waals surface area contributed by atoms with Gasteiger partial charge in [-0.1, -0.05) is 39.0 Å². The Hall–Kier alpha value is -1.66. The smallest absolute Gasteiger partial charge is 0.230 e. The molecule has 1 aliphatic carbocycles. The van der Waals surface area contributed by atoms with Gasteiger partial charge in [0.25, 0.3) is 0 Å². The fourth-order valence-corrected chi connectivity index (χ4v) is 3.82. The standard InChI is InChI=1S/C21H36N4O2/c1-5-23(6-2)10-11-24-12-14-25(15-13-24)21(27)20-9-7-8-19(17(20)3)16-22-18(4)26/h7-9,17,20H,5-6,10-16H2,1-4H3,(H,22,26). The summed E-state index contributed by atoms with van der Waals surface area (Å²) in [4.78, 5) is 31.1. The largest absolute Gasteiger partial charge is 0.353 e. The van der Waals surface area contributed by atoms with Gasteiger partial charge in [0, 0.05) is 52.7 Å². The summed E-state index contributed by atoms with van der Waals surface area (Å²) in [5.74, 6) is 0.174. The van der Waals surface area contributed by atoms with E-state index < -0.39 is 0 Å². The summed E-state index contributed by atoms with van der Waals surface area (Å²) in [5.41, 5.74) is 1.11. The molecule has 0 saturated carbocycles. The molecule has 152 valence electrons. The lowest BCUT2D eigenvalue weighted by molar-refractivity contribution is -0.136. The molecule has 0 aromatic carbocycles. The maximum atomic E-state index is 13.0. The first kappa shape index (κ1) is 21.6. The summed E-state index contributed by atoms with van der Waals surface area (Å²) in [6, 6.07) is 0. The molecule has 2 amide bonds. The molecule has 0 aromatic rings. The SMILES string of the molecule is CCN(CC)CCN1CCN(C(=O)C2C=CC=C(CNC(C)=O)C2C)CC1. The van der Waals surface area contributed by atoms with Crippen LogP contribution in [0.2, 0.25) is 0 Å². The van der Waals surface area contributed by atoms with Gasteiger partial charge in [-0.25, -0.2) is 0 Å². The maximum Gasteiger partial charge on any atom is 0.230 e. The van der Waals surface area contributed by atoms with Crippen LogP contribution in [-0.4, -0.2) is 85.4 Å². The van der Waals surface area contributed by atoms with Crippen molar-refractivity contribution in [3.05, 3.63) is 23.8 Å². The van der Waals surface area contributed by atoms with Gasteiger partial charge in [0.1, 0.15) is 0 Å². The first-order valence-electron chi connectivity index (χ1n) is 10.3. The van der Waals surface area contributed by atoms with Crippen LogP contribution in [0.5, 0.6) is 0 Å². The highest BCUT2D eigenvalue weighted by Gasteiger charge is 2.32. The van der Waals surface area contributed by atoms with E-state index in [1.54, 1.807) is 0 Å². The number of allylic oxidation sites excluding steroid dienone is 2. The summed E-state index contributed by atoms with van der Waals surface area (Å²) < 4.78 is 0. The third-order valence-corrected chi connectivity index (χ3v) is 5.89. The Morgan fingerprint density at radius 1 is 1.19 bits per heavy atom. The van der Waals surface area contributed by atoms with Crippen molar-refractivity contribution < 1.29 is 9.59 Å². The lowest BCUT2D eigenvalue weighted by atomic mass is 9.82. The fraction of sp³-hybridized carbons (Fsp3) is 0.714. The average Bonchev–Trinajstić information content (AvgIpc) is 2.68. The average molecular weight is 377 g/mol. The predicted octanol–water partition coefficient (Wildman–Crippen LogP) is 1.36. The van der Waals surface area contributed by atoms with Crippen LogP contribution in [-0.2, 0) is 9.59 Å². The van der Waals surface area contributed by atoms with Crippen LogP contribution in [0, 0.1) is 11.8 Å². The van der Waals surface area contributed by atoms with Gasteiger partial charge in [-0.2, -0.15) is 0 Å². The van der Waals surface area contributed by atoms with Crippen molar-refractivity contribution in [3.63, 3.8) is 0 Å². The highest BCUT2D eigenvalue weighted by atomic mass is 16.2. The van der Waals surface area contributed by atoms with Crippen molar-refractivity contribution >= 4 is 11.8 Å². The van der Waals surface area contributed by atoms with E-state index in [0.29, 0.717) is 6.54 Å². The number of carbonyl (C=O) groups excluding carboxylic acids is 2. The van der Waals surface area contributed by atoms with E-state index in [1.807, 2.05) is 23.1 Å². The van der Waals surface area contributed by atoms with E-state index in [0.717, 1.165) is 57.9 Å². The fourth-order valence-electron chi connectivity index (χ4n) is 3.82. The number of rotatable bonds is 8. The summed E-state index contributed by atoms with van der Waals surface area (Å²) in [5, 5.41) is 2.85. The van der Waals surface area contributed by atoms with Gasteiger partial charge in [-0.05, 0) is 24.6 Å². The highest BCUT2D eigenvalue weighted by molar-refractivity contribution is 5.82. The monoisotopic (exact) mass is 376 g/mol. The van der Waals surface area contributed by atoms with E-state index in [1.165, 1.54) is 6.92 Å². The van der Waals surface area contributed by atoms with E-state index in [9.17, 15) is 9.59 Å². The Bertz CT molecular complexity index is 561. The van der Waals surface area contributed by atoms with E-state index >= 15 is 0 Å². The number of hydrogen-bond donors (Lipinski definition) is 1. The predicted molar refractivity (Wildman–Crippen MR) is 109 cm³/mol. The van der Waals surface area contributed by atoms with Gasteiger partial charge in [0.2, 0.25) is 11.8 Å². The minimum absolute atomic E-state index is 0.0404. The Morgan fingerprint density at radius 2 is 1.85 bits per heavy atom. The Balaban J connectivity index is 1.82. The zero-order valence-corrected chi connectivity index (χ0v) is 17.4. The van der Waals surface area contributed by atoms with Gasteiger partial charge in [-0.3, -0.25) is 14.5 Å². The number of nitrogens with one attached hydrogen (secondary N) is 1. The zero-order chi connectivity index (χ0) is 19.8. The van der Waals surface area contributed by atoms with Crippen LogP contribution in [0.1, 0.15) is 27.7 Å². The molecule has 1 heterocycles. The summed E-state index contributed by atoms with van der Waals surface area (Å²) in [6.45, 7) is 16.4. The third-order valence-electron chi connectivity index (χ3n) is 5.89. The summed E-state index contributed by atoms with van der Waals surface area (Å²) in [6.07, 6.45) is 5.99. The molecule has 2 aliphatic rings. The Morgan fingerprint density at radius 3 is 2.44 bits per heavy atom. The number of carbonyl (C=O) groups is 2. The lowest BCUT2D eigenvalue weighted by Gasteiger charge is -2.38. The van der Waals surface area contributed by atoms with Crippen LogP contribution < -0.4 is 5.32 Å². The molecular weight excluding hydrogens is 340 g/mol. The quantitative estimate of drug-likeness (QED) is 0.695. The van der Waals surface area contributed by atoms with Crippen LogP contribution in [0.15, 0.2) is 23.8 Å². The zero-order valence-electron chi connectivity index (χ0n) is 17.4. The van der Waals surface area contributed by atoms with Gasteiger partial charge in [-0.15, -0.1) is 0 Å². The first-order chi connectivity index (χ1) is 13.0. The second kappa shape index (κ2) is 10.6. The maximum absolute atomic E-state index is 13.0. The van der Waals surface area contributed by atoms with Gasteiger partial charge in [0.15, 0.2) is 0 Å². The number of amides is 2. The van der Waals surface area contributed by atoms with Crippen LogP contribution in [0.3, 0.4) is 0 Å². The first-order valence-corrected chi connectivity index (χ1v) is 10.3. The minimum Gasteiger partial charge on any atom is -0.353 e. The van der Waals surface area contributed by atoms with Crippen molar-refractivity contribution in [2.45, 2.75) is 27.7 Å². The number of likely N-dealkylation sites (N-methyl/N-ethyl adjacent to an activating group) is 1. The van der Waals surface area contributed by atoms with Gasteiger partial charge < -0.3 is 15.1 Å². The second-order valence-electron chi connectivity index (χ2n) is 7.54. The number of nitrogens with zero attached hydrogens (tertiary/aromatic N) is 3. The van der Waals surface area contributed by atoms with Crippen molar-refractivity contribution in [1.82, 2.24) is 20.0 Å². The Labute approximate surface area is 164 Å². The second-order valence-corrected chi connectivity index (χ2v) is 7.54. The van der Waals surface area contributed by atoms with Crippen molar-refractivity contribution in [1.29, 1.82) is 0 Å². The normalized spacial score (nSPS) is 23.4. The summed E-state index contributed by atoms with van der Waals surface area (Å²) >= 11 is 0.